The largest absolute Gasteiger partial charge is 0.480 e. The van der Waals surface area contributed by atoms with Crippen LogP contribution in [0.15, 0.2) is 30.3 Å². The van der Waals surface area contributed by atoms with Crippen LogP contribution < -0.4 is 5.32 Å². The average Bonchev–Trinajstić information content (AvgIpc) is 3.08. The minimum absolute atomic E-state index is 0.347. The quantitative estimate of drug-likeness (QED) is 0.650. The van der Waals surface area contributed by atoms with Crippen LogP contribution in [0.1, 0.15) is 31.7 Å². The van der Waals surface area contributed by atoms with E-state index in [4.69, 9.17) is 0 Å². The molecule has 0 spiro atoms. The molecular formula is C18H24N2O5. The lowest BCUT2D eigenvalue weighted by molar-refractivity contribution is -0.149. The minimum atomic E-state index is -1.02. The molecule has 0 aromatic heterocycles. The third-order valence-electron chi connectivity index (χ3n) is 4.51. The maximum atomic E-state index is 12.5. The molecule has 0 saturated carbocycles. The van der Waals surface area contributed by atoms with Gasteiger partial charge in [0.1, 0.15) is 12.1 Å². The van der Waals surface area contributed by atoms with Crippen molar-refractivity contribution >= 4 is 17.8 Å². The molecule has 136 valence electrons. The van der Waals surface area contributed by atoms with E-state index in [1.165, 1.54) is 4.90 Å². The van der Waals surface area contributed by atoms with Crippen molar-refractivity contribution in [3.8, 4) is 0 Å². The van der Waals surface area contributed by atoms with Crippen molar-refractivity contribution in [2.24, 2.45) is 0 Å². The van der Waals surface area contributed by atoms with Crippen LogP contribution in [0.25, 0.3) is 0 Å². The van der Waals surface area contributed by atoms with Crippen molar-refractivity contribution < 1.29 is 24.6 Å². The molecule has 0 aliphatic carbocycles. The third kappa shape index (κ3) is 5.03. The summed E-state index contributed by atoms with van der Waals surface area (Å²) in [5.74, 6) is -2.40. The highest BCUT2D eigenvalue weighted by Gasteiger charge is 2.36. The number of rotatable bonds is 8. The van der Waals surface area contributed by atoms with Crippen molar-refractivity contribution in [1.29, 1.82) is 0 Å². The summed E-state index contributed by atoms with van der Waals surface area (Å²) in [5.41, 5.74) is 1.03. The van der Waals surface area contributed by atoms with Crippen molar-refractivity contribution in [3.63, 3.8) is 0 Å². The Balaban J connectivity index is 1.95. The molecule has 1 heterocycles. The van der Waals surface area contributed by atoms with Gasteiger partial charge in [0.15, 0.2) is 0 Å². The van der Waals surface area contributed by atoms with Gasteiger partial charge in [0.05, 0.1) is 6.04 Å². The van der Waals surface area contributed by atoms with Crippen LogP contribution in [0.3, 0.4) is 0 Å². The summed E-state index contributed by atoms with van der Waals surface area (Å²) >= 11 is 0. The standard InChI is InChI=1S/C18H24N2O5/c1-12(16(21)20-11-5-8-15(20)18(24)25)19-14(17(22)23)10-9-13-6-3-2-4-7-13/h2-4,6-7,12,14-15,19H,5,8-11H2,1H3,(H,22,23)(H,24,25)/t12?,14?,15-/m0/s1. The molecule has 2 rings (SSSR count). The van der Waals surface area contributed by atoms with E-state index in [-0.39, 0.29) is 5.91 Å². The van der Waals surface area contributed by atoms with Gasteiger partial charge in [-0.25, -0.2) is 4.79 Å². The molecule has 1 aromatic carbocycles. The van der Waals surface area contributed by atoms with Crippen LogP contribution >= 0.6 is 0 Å². The zero-order valence-corrected chi connectivity index (χ0v) is 14.2. The molecular weight excluding hydrogens is 324 g/mol. The topological polar surface area (TPSA) is 107 Å². The van der Waals surface area contributed by atoms with Crippen LogP contribution in [0.2, 0.25) is 0 Å². The molecule has 3 atom stereocenters. The Morgan fingerprint density at radius 2 is 1.92 bits per heavy atom. The molecule has 1 amide bonds. The molecule has 0 bridgehead atoms. The lowest BCUT2D eigenvalue weighted by Gasteiger charge is -2.27. The first-order valence-corrected chi connectivity index (χ1v) is 8.46. The smallest absolute Gasteiger partial charge is 0.326 e. The molecule has 1 fully saturated rings. The molecule has 1 saturated heterocycles. The Labute approximate surface area is 146 Å². The molecule has 2 unspecified atom stereocenters. The number of hydrogen-bond donors (Lipinski definition) is 3. The van der Waals surface area contributed by atoms with Gasteiger partial charge in [0.25, 0.3) is 0 Å². The number of nitrogens with one attached hydrogen (secondary N) is 1. The minimum Gasteiger partial charge on any atom is -0.480 e. The Bertz CT molecular complexity index is 619. The molecule has 0 radical (unpaired) electrons. The van der Waals surface area contributed by atoms with E-state index in [2.05, 4.69) is 5.32 Å². The second kappa shape index (κ2) is 8.62. The fourth-order valence-electron chi connectivity index (χ4n) is 3.14. The van der Waals surface area contributed by atoms with E-state index in [1.807, 2.05) is 30.3 Å². The normalized spacial score (nSPS) is 19.4. The van der Waals surface area contributed by atoms with Gasteiger partial charge >= 0.3 is 11.9 Å². The van der Waals surface area contributed by atoms with E-state index < -0.39 is 30.1 Å². The molecule has 3 N–H and O–H groups in total. The van der Waals surface area contributed by atoms with Crippen molar-refractivity contribution in [1.82, 2.24) is 10.2 Å². The van der Waals surface area contributed by atoms with E-state index >= 15 is 0 Å². The highest BCUT2D eigenvalue weighted by molar-refractivity contribution is 5.88. The van der Waals surface area contributed by atoms with Crippen LogP contribution in [-0.4, -0.2) is 57.6 Å². The summed E-state index contributed by atoms with van der Waals surface area (Å²) in [4.78, 5) is 36.5. The number of aryl methyl sites for hydroxylation is 1. The lowest BCUT2D eigenvalue weighted by atomic mass is 10.0. The lowest BCUT2D eigenvalue weighted by Crippen LogP contribution is -2.53. The van der Waals surface area contributed by atoms with Crippen molar-refractivity contribution in [2.75, 3.05) is 6.54 Å². The SMILES string of the molecule is CC(NC(CCc1ccccc1)C(=O)O)C(=O)N1CCC[C@H]1C(=O)O. The highest BCUT2D eigenvalue weighted by Crippen LogP contribution is 2.18. The van der Waals surface area contributed by atoms with Crippen LogP contribution in [0.5, 0.6) is 0 Å². The van der Waals surface area contributed by atoms with Gasteiger partial charge in [0.2, 0.25) is 5.91 Å². The summed E-state index contributed by atoms with van der Waals surface area (Å²) in [6, 6.07) is 7.09. The number of carbonyl (C=O) groups is 3. The van der Waals surface area contributed by atoms with Gasteiger partial charge < -0.3 is 15.1 Å². The molecule has 7 heteroatoms. The first-order valence-electron chi connectivity index (χ1n) is 8.46. The fraction of sp³-hybridized carbons (Fsp3) is 0.500. The second-order valence-electron chi connectivity index (χ2n) is 6.33. The Morgan fingerprint density at radius 1 is 1.24 bits per heavy atom. The number of amides is 1. The zero-order valence-electron chi connectivity index (χ0n) is 14.2. The van der Waals surface area contributed by atoms with Crippen LogP contribution in [-0.2, 0) is 20.8 Å². The third-order valence-corrected chi connectivity index (χ3v) is 4.51. The molecule has 1 aliphatic heterocycles. The summed E-state index contributed by atoms with van der Waals surface area (Å²) < 4.78 is 0. The van der Waals surface area contributed by atoms with Gasteiger partial charge in [-0.05, 0) is 38.2 Å². The number of hydrogen-bond acceptors (Lipinski definition) is 4. The average molecular weight is 348 g/mol. The first kappa shape index (κ1) is 18.9. The van der Waals surface area contributed by atoms with Crippen LogP contribution in [0.4, 0.5) is 0 Å². The van der Waals surface area contributed by atoms with Gasteiger partial charge in [-0.1, -0.05) is 30.3 Å². The maximum Gasteiger partial charge on any atom is 0.326 e. The van der Waals surface area contributed by atoms with Gasteiger partial charge in [0, 0.05) is 6.54 Å². The zero-order chi connectivity index (χ0) is 18.4. The molecule has 1 aromatic rings. The van der Waals surface area contributed by atoms with E-state index in [0.717, 1.165) is 5.56 Å². The van der Waals surface area contributed by atoms with E-state index in [1.54, 1.807) is 6.92 Å². The Kier molecular flexibility index (Phi) is 6.52. The number of carboxylic acid groups (broad SMARTS) is 2. The second-order valence-corrected chi connectivity index (χ2v) is 6.33. The Hall–Kier alpha value is -2.41. The number of likely N-dealkylation sites (tertiary alicyclic amines) is 1. The predicted molar refractivity (Wildman–Crippen MR) is 91.2 cm³/mol. The summed E-state index contributed by atoms with van der Waals surface area (Å²) in [6.45, 7) is 1.97. The number of carbonyl (C=O) groups excluding carboxylic acids is 1. The molecule has 1 aliphatic rings. The monoisotopic (exact) mass is 348 g/mol. The molecule has 25 heavy (non-hydrogen) atoms. The van der Waals surface area contributed by atoms with E-state index in [0.29, 0.717) is 32.2 Å². The van der Waals surface area contributed by atoms with Crippen molar-refractivity contribution in [2.45, 2.75) is 50.7 Å². The van der Waals surface area contributed by atoms with Gasteiger partial charge in [-0.3, -0.25) is 14.9 Å². The summed E-state index contributed by atoms with van der Waals surface area (Å²) in [7, 11) is 0. The van der Waals surface area contributed by atoms with Crippen molar-refractivity contribution in [3.05, 3.63) is 35.9 Å². The Morgan fingerprint density at radius 3 is 2.52 bits per heavy atom. The molecule has 7 nitrogen and oxygen atoms in total. The number of aliphatic carboxylic acids is 2. The summed E-state index contributed by atoms with van der Waals surface area (Å²) in [6.07, 6.45) is 2.00. The number of benzene rings is 1. The number of carboxylic acids is 2. The maximum absolute atomic E-state index is 12.5. The van der Waals surface area contributed by atoms with Gasteiger partial charge in [-0.2, -0.15) is 0 Å². The number of nitrogens with zero attached hydrogens (tertiary/aromatic N) is 1. The van der Waals surface area contributed by atoms with Gasteiger partial charge in [-0.15, -0.1) is 0 Å². The fourth-order valence-corrected chi connectivity index (χ4v) is 3.14. The summed E-state index contributed by atoms with van der Waals surface area (Å²) in [5, 5.41) is 21.4. The first-order chi connectivity index (χ1) is 11.9. The predicted octanol–water partition coefficient (Wildman–Crippen LogP) is 1.13. The van der Waals surface area contributed by atoms with E-state index in [9.17, 15) is 24.6 Å². The highest BCUT2D eigenvalue weighted by atomic mass is 16.4. The van der Waals surface area contributed by atoms with Crippen LogP contribution in [0, 0.1) is 0 Å².